The molecule has 0 spiro atoms. The summed E-state index contributed by atoms with van der Waals surface area (Å²) in [5, 5.41) is 8.71. The molecular weight excluding hydrogens is 391 g/mol. The molecule has 5 nitrogen and oxygen atoms in total. The average Bonchev–Trinajstić information content (AvgIpc) is 2.83. The summed E-state index contributed by atoms with van der Waals surface area (Å²) in [6.07, 6.45) is 1.84. The molecular formula is C25H27FN4O. The van der Waals surface area contributed by atoms with Crippen molar-refractivity contribution < 1.29 is 9.18 Å². The molecule has 0 aliphatic carbocycles. The molecule has 1 aliphatic rings. The summed E-state index contributed by atoms with van der Waals surface area (Å²) >= 11 is 0. The number of rotatable bonds is 6. The Bertz CT molecular complexity index is 992. The standard InChI is InChI=1S/C25H27FN4O/c1-2-29(17-19-7-4-3-5-8-19)25(31)21-9-6-16-30(18-21)24-15-14-23(27-28-24)20-10-12-22(26)13-11-20/h3-5,7-8,10-15,21H,2,6,9,16-18H2,1H3. The van der Waals surface area contributed by atoms with Crippen LogP contribution in [0.5, 0.6) is 0 Å². The number of amides is 1. The molecule has 1 fully saturated rings. The smallest absolute Gasteiger partial charge is 0.227 e. The predicted molar refractivity (Wildman–Crippen MR) is 120 cm³/mol. The van der Waals surface area contributed by atoms with E-state index < -0.39 is 0 Å². The molecule has 2 heterocycles. The van der Waals surface area contributed by atoms with Crippen LogP contribution in [0, 0.1) is 11.7 Å². The fraction of sp³-hybridized carbons (Fsp3) is 0.320. The average molecular weight is 419 g/mol. The second-order valence-corrected chi connectivity index (χ2v) is 7.91. The van der Waals surface area contributed by atoms with Gasteiger partial charge in [-0.2, -0.15) is 0 Å². The lowest BCUT2D eigenvalue weighted by Crippen LogP contribution is -2.45. The largest absolute Gasteiger partial charge is 0.354 e. The van der Waals surface area contributed by atoms with E-state index in [4.69, 9.17) is 0 Å². The normalized spacial score (nSPS) is 16.2. The SMILES string of the molecule is CCN(Cc1ccccc1)C(=O)C1CCCN(c2ccc(-c3ccc(F)cc3)nn2)C1. The molecule has 1 amide bonds. The summed E-state index contributed by atoms with van der Waals surface area (Å²) in [5.41, 5.74) is 2.67. The van der Waals surface area contributed by atoms with Crippen molar-refractivity contribution >= 4 is 11.7 Å². The number of piperidine rings is 1. The summed E-state index contributed by atoms with van der Waals surface area (Å²) in [6.45, 7) is 4.87. The number of aromatic nitrogens is 2. The zero-order chi connectivity index (χ0) is 21.6. The second kappa shape index (κ2) is 9.69. The third-order valence-electron chi connectivity index (χ3n) is 5.79. The van der Waals surface area contributed by atoms with E-state index in [0.717, 1.165) is 36.3 Å². The third kappa shape index (κ3) is 5.08. The Morgan fingerprint density at radius 3 is 2.52 bits per heavy atom. The first kappa shape index (κ1) is 21.0. The molecule has 1 aromatic heterocycles. The van der Waals surface area contributed by atoms with Gasteiger partial charge in [0.1, 0.15) is 5.82 Å². The van der Waals surface area contributed by atoms with Gasteiger partial charge in [-0.05, 0) is 61.7 Å². The van der Waals surface area contributed by atoms with E-state index in [-0.39, 0.29) is 17.6 Å². The highest BCUT2D eigenvalue weighted by Crippen LogP contribution is 2.25. The van der Waals surface area contributed by atoms with Gasteiger partial charge in [-0.25, -0.2) is 4.39 Å². The van der Waals surface area contributed by atoms with Crippen molar-refractivity contribution in [2.24, 2.45) is 5.92 Å². The van der Waals surface area contributed by atoms with Gasteiger partial charge in [-0.15, -0.1) is 10.2 Å². The quantitative estimate of drug-likeness (QED) is 0.589. The van der Waals surface area contributed by atoms with Crippen LogP contribution in [0.25, 0.3) is 11.3 Å². The fourth-order valence-corrected chi connectivity index (χ4v) is 4.06. The molecule has 0 N–H and O–H groups in total. The Morgan fingerprint density at radius 1 is 1.06 bits per heavy atom. The van der Waals surface area contributed by atoms with Crippen molar-refractivity contribution in [1.29, 1.82) is 0 Å². The highest BCUT2D eigenvalue weighted by Gasteiger charge is 2.29. The lowest BCUT2D eigenvalue weighted by molar-refractivity contribution is -0.136. The number of nitrogens with zero attached hydrogens (tertiary/aromatic N) is 4. The summed E-state index contributed by atoms with van der Waals surface area (Å²) in [4.78, 5) is 17.3. The highest BCUT2D eigenvalue weighted by molar-refractivity contribution is 5.79. The lowest BCUT2D eigenvalue weighted by atomic mass is 9.96. The van der Waals surface area contributed by atoms with Crippen molar-refractivity contribution in [2.45, 2.75) is 26.3 Å². The molecule has 1 aliphatic heterocycles. The predicted octanol–water partition coefficient (Wildman–Crippen LogP) is 4.55. The first-order valence-electron chi connectivity index (χ1n) is 10.8. The number of halogens is 1. The molecule has 0 bridgehead atoms. The van der Waals surface area contributed by atoms with Crippen LogP contribution < -0.4 is 4.90 Å². The first-order chi connectivity index (χ1) is 15.1. The Balaban J connectivity index is 1.42. The summed E-state index contributed by atoms with van der Waals surface area (Å²) < 4.78 is 13.1. The molecule has 31 heavy (non-hydrogen) atoms. The number of hydrogen-bond donors (Lipinski definition) is 0. The molecule has 6 heteroatoms. The van der Waals surface area contributed by atoms with Crippen LogP contribution in [-0.4, -0.2) is 40.6 Å². The molecule has 0 saturated carbocycles. The van der Waals surface area contributed by atoms with Gasteiger partial charge < -0.3 is 9.80 Å². The minimum absolute atomic E-state index is 0.0454. The van der Waals surface area contributed by atoms with Gasteiger partial charge in [0.05, 0.1) is 11.6 Å². The van der Waals surface area contributed by atoms with E-state index in [9.17, 15) is 9.18 Å². The number of anilines is 1. The van der Waals surface area contributed by atoms with Crippen molar-refractivity contribution in [2.75, 3.05) is 24.5 Å². The molecule has 1 unspecified atom stereocenters. The van der Waals surface area contributed by atoms with Crippen LogP contribution in [0.2, 0.25) is 0 Å². The highest BCUT2D eigenvalue weighted by atomic mass is 19.1. The Labute approximate surface area is 182 Å². The van der Waals surface area contributed by atoms with Crippen LogP contribution in [0.4, 0.5) is 10.2 Å². The molecule has 1 saturated heterocycles. The number of carbonyl (C=O) groups excluding carboxylic acids is 1. The molecule has 2 aromatic carbocycles. The summed E-state index contributed by atoms with van der Waals surface area (Å²) in [6, 6.07) is 20.2. The monoisotopic (exact) mass is 418 g/mol. The van der Waals surface area contributed by atoms with Gasteiger partial charge >= 0.3 is 0 Å². The maximum atomic E-state index is 13.2. The topological polar surface area (TPSA) is 49.3 Å². The van der Waals surface area contributed by atoms with E-state index in [1.54, 1.807) is 12.1 Å². The molecule has 160 valence electrons. The summed E-state index contributed by atoms with van der Waals surface area (Å²) in [7, 11) is 0. The van der Waals surface area contributed by atoms with Crippen molar-refractivity contribution in [3.05, 3.63) is 78.1 Å². The van der Waals surface area contributed by atoms with E-state index in [2.05, 4.69) is 27.2 Å². The second-order valence-electron chi connectivity index (χ2n) is 7.91. The Morgan fingerprint density at radius 2 is 1.84 bits per heavy atom. The van der Waals surface area contributed by atoms with Crippen LogP contribution in [0.3, 0.4) is 0 Å². The van der Waals surface area contributed by atoms with E-state index in [1.165, 1.54) is 12.1 Å². The van der Waals surface area contributed by atoms with Crippen LogP contribution in [0.15, 0.2) is 66.7 Å². The maximum absolute atomic E-state index is 13.2. The zero-order valence-corrected chi connectivity index (χ0v) is 17.7. The van der Waals surface area contributed by atoms with Gasteiger partial charge in [0.2, 0.25) is 5.91 Å². The van der Waals surface area contributed by atoms with Gasteiger partial charge in [0, 0.05) is 31.7 Å². The van der Waals surface area contributed by atoms with Crippen LogP contribution >= 0.6 is 0 Å². The Hall–Kier alpha value is -3.28. The minimum Gasteiger partial charge on any atom is -0.354 e. The van der Waals surface area contributed by atoms with E-state index in [0.29, 0.717) is 25.3 Å². The first-order valence-corrected chi connectivity index (χ1v) is 10.8. The number of carbonyl (C=O) groups is 1. The third-order valence-corrected chi connectivity index (χ3v) is 5.79. The lowest BCUT2D eigenvalue weighted by Gasteiger charge is -2.35. The minimum atomic E-state index is -0.272. The van der Waals surface area contributed by atoms with Gasteiger partial charge in [0.15, 0.2) is 5.82 Å². The fourth-order valence-electron chi connectivity index (χ4n) is 4.06. The van der Waals surface area contributed by atoms with E-state index >= 15 is 0 Å². The van der Waals surface area contributed by atoms with Gasteiger partial charge in [-0.3, -0.25) is 4.79 Å². The zero-order valence-electron chi connectivity index (χ0n) is 17.7. The Kier molecular flexibility index (Phi) is 6.55. The van der Waals surface area contributed by atoms with Crippen LogP contribution in [0.1, 0.15) is 25.3 Å². The summed E-state index contributed by atoms with van der Waals surface area (Å²) in [5.74, 6) is 0.656. The molecule has 3 aromatic rings. The molecule has 4 rings (SSSR count). The number of hydrogen-bond acceptors (Lipinski definition) is 4. The van der Waals surface area contributed by atoms with E-state index in [1.807, 2.05) is 42.2 Å². The van der Waals surface area contributed by atoms with Crippen LogP contribution in [-0.2, 0) is 11.3 Å². The maximum Gasteiger partial charge on any atom is 0.227 e. The molecule has 0 radical (unpaired) electrons. The van der Waals surface area contributed by atoms with Gasteiger partial charge in [0.25, 0.3) is 0 Å². The van der Waals surface area contributed by atoms with Crippen molar-refractivity contribution in [3.63, 3.8) is 0 Å². The van der Waals surface area contributed by atoms with Crippen molar-refractivity contribution in [1.82, 2.24) is 15.1 Å². The molecule has 1 atom stereocenters. The van der Waals surface area contributed by atoms with Crippen molar-refractivity contribution in [3.8, 4) is 11.3 Å². The van der Waals surface area contributed by atoms with Gasteiger partial charge in [-0.1, -0.05) is 30.3 Å². The number of benzene rings is 2.